The minimum absolute atomic E-state index is 0.168. The van der Waals surface area contributed by atoms with Crippen LogP contribution in [0.2, 0.25) is 0 Å². The summed E-state index contributed by atoms with van der Waals surface area (Å²) < 4.78 is 16.3. The maximum absolute atomic E-state index is 12.8. The number of likely N-dealkylation sites (tertiary alicyclic amines) is 1. The molecule has 4 rings (SSSR count). The highest BCUT2D eigenvalue weighted by atomic mass is 16.7. The van der Waals surface area contributed by atoms with E-state index in [1.165, 1.54) is 11.1 Å². The van der Waals surface area contributed by atoms with E-state index in [4.69, 9.17) is 14.2 Å². The first-order chi connectivity index (χ1) is 14.6. The van der Waals surface area contributed by atoms with E-state index in [1.54, 1.807) is 7.11 Å². The Balaban J connectivity index is 1.56. The van der Waals surface area contributed by atoms with Crippen molar-refractivity contribution in [1.29, 1.82) is 0 Å². The van der Waals surface area contributed by atoms with E-state index in [1.807, 2.05) is 30.1 Å². The Kier molecular flexibility index (Phi) is 6.13. The average molecular weight is 411 g/mol. The highest BCUT2D eigenvalue weighted by Gasteiger charge is 2.36. The fraction of sp³-hybridized carbons (Fsp3) is 0.458. The lowest BCUT2D eigenvalue weighted by Crippen LogP contribution is -2.38. The molecule has 2 atom stereocenters. The third-order valence-electron chi connectivity index (χ3n) is 6.10. The van der Waals surface area contributed by atoms with Crippen LogP contribution in [0, 0.1) is 0 Å². The quantitative estimate of drug-likeness (QED) is 0.695. The fourth-order valence-corrected chi connectivity index (χ4v) is 4.41. The predicted octanol–water partition coefficient (Wildman–Crippen LogP) is 3.82. The molecule has 2 aromatic carbocycles. The number of nitrogens with zero attached hydrogens (tertiary/aromatic N) is 2. The van der Waals surface area contributed by atoms with Gasteiger partial charge in [0, 0.05) is 26.2 Å². The lowest BCUT2D eigenvalue weighted by Gasteiger charge is -2.26. The zero-order valence-corrected chi connectivity index (χ0v) is 18.0. The Morgan fingerprint density at radius 3 is 2.60 bits per heavy atom. The van der Waals surface area contributed by atoms with Crippen LogP contribution in [-0.2, 0) is 4.79 Å². The molecule has 0 aromatic heterocycles. The maximum atomic E-state index is 12.8. The van der Waals surface area contributed by atoms with E-state index >= 15 is 0 Å². The van der Waals surface area contributed by atoms with Gasteiger partial charge in [0.1, 0.15) is 5.75 Å². The summed E-state index contributed by atoms with van der Waals surface area (Å²) in [6.45, 7) is 4.42. The first-order valence-electron chi connectivity index (χ1n) is 10.6. The third kappa shape index (κ3) is 4.24. The summed E-state index contributed by atoms with van der Waals surface area (Å²) in [5, 5.41) is 0. The zero-order valence-electron chi connectivity index (χ0n) is 18.0. The molecule has 0 saturated carbocycles. The van der Waals surface area contributed by atoms with Crippen LogP contribution >= 0.6 is 0 Å². The first-order valence-corrected chi connectivity index (χ1v) is 10.6. The van der Waals surface area contributed by atoms with Crippen LogP contribution in [0.25, 0.3) is 0 Å². The van der Waals surface area contributed by atoms with Gasteiger partial charge in [-0.3, -0.25) is 9.69 Å². The number of hydrogen-bond acceptors (Lipinski definition) is 5. The van der Waals surface area contributed by atoms with Crippen molar-refractivity contribution in [2.75, 3.05) is 40.6 Å². The Morgan fingerprint density at radius 2 is 1.87 bits per heavy atom. The molecule has 30 heavy (non-hydrogen) atoms. The van der Waals surface area contributed by atoms with Crippen molar-refractivity contribution >= 4 is 5.91 Å². The van der Waals surface area contributed by atoms with Gasteiger partial charge in [0.05, 0.1) is 13.7 Å². The third-order valence-corrected chi connectivity index (χ3v) is 6.10. The van der Waals surface area contributed by atoms with Gasteiger partial charge in [0.25, 0.3) is 0 Å². The summed E-state index contributed by atoms with van der Waals surface area (Å²) in [5.74, 6) is 2.95. The summed E-state index contributed by atoms with van der Waals surface area (Å²) in [6.07, 6.45) is 1.92. The number of fused-ring (bicyclic) bond motifs is 1. The second-order valence-electron chi connectivity index (χ2n) is 8.08. The van der Waals surface area contributed by atoms with Crippen LogP contribution in [0.3, 0.4) is 0 Å². The lowest BCUT2D eigenvalue weighted by molar-refractivity contribution is -0.131. The summed E-state index contributed by atoms with van der Waals surface area (Å²) >= 11 is 0. The fourth-order valence-electron chi connectivity index (χ4n) is 4.41. The van der Waals surface area contributed by atoms with Gasteiger partial charge in [-0.15, -0.1) is 0 Å². The normalized spacial score (nSPS) is 20.4. The highest BCUT2D eigenvalue weighted by Crippen LogP contribution is 2.43. The number of benzene rings is 2. The van der Waals surface area contributed by atoms with Gasteiger partial charge in [-0.2, -0.15) is 0 Å². The molecule has 2 unspecified atom stereocenters. The molecular weight excluding hydrogens is 380 g/mol. The van der Waals surface area contributed by atoms with Gasteiger partial charge < -0.3 is 19.1 Å². The minimum atomic E-state index is 0.168. The van der Waals surface area contributed by atoms with Crippen LogP contribution in [-0.4, -0.2) is 56.3 Å². The molecule has 1 amide bonds. The molecular formula is C24H30N2O4. The number of carbonyl (C=O) groups excluding carboxylic acids is 1. The number of hydrogen-bond donors (Lipinski definition) is 0. The summed E-state index contributed by atoms with van der Waals surface area (Å²) in [4.78, 5) is 16.9. The summed E-state index contributed by atoms with van der Waals surface area (Å²) in [6, 6.07) is 14.6. The van der Waals surface area contributed by atoms with Gasteiger partial charge in [0.2, 0.25) is 12.7 Å². The van der Waals surface area contributed by atoms with E-state index in [9.17, 15) is 4.79 Å². The van der Waals surface area contributed by atoms with Crippen molar-refractivity contribution in [3.05, 3.63) is 53.6 Å². The number of carbonyl (C=O) groups is 1. The number of ether oxygens (including phenoxy) is 3. The zero-order chi connectivity index (χ0) is 21.1. The standard InChI is InChI=1S/C24H30N2O4/c1-4-11-25(2)24(27)15-26-14-19(18-7-10-22-23(13-18)30-16-29-22)12-21(26)17-5-8-20(28-3)9-6-17/h5-10,13,19,21H,4,11-12,14-16H2,1-3H3. The topological polar surface area (TPSA) is 51.2 Å². The number of methoxy groups -OCH3 is 1. The van der Waals surface area contributed by atoms with E-state index in [0.717, 1.165) is 43.2 Å². The average Bonchev–Trinajstić information content (AvgIpc) is 3.40. The molecule has 1 saturated heterocycles. The molecule has 0 spiro atoms. The smallest absolute Gasteiger partial charge is 0.236 e. The van der Waals surface area contributed by atoms with Crippen molar-refractivity contribution in [2.24, 2.45) is 0 Å². The maximum Gasteiger partial charge on any atom is 0.236 e. The highest BCUT2D eigenvalue weighted by molar-refractivity contribution is 5.78. The number of likely N-dealkylation sites (N-methyl/N-ethyl adjacent to an activating group) is 1. The van der Waals surface area contributed by atoms with E-state index in [-0.39, 0.29) is 18.7 Å². The van der Waals surface area contributed by atoms with E-state index in [0.29, 0.717) is 12.5 Å². The predicted molar refractivity (Wildman–Crippen MR) is 115 cm³/mol. The van der Waals surface area contributed by atoms with Crippen molar-refractivity contribution in [3.63, 3.8) is 0 Å². The van der Waals surface area contributed by atoms with Crippen molar-refractivity contribution < 1.29 is 19.0 Å². The second kappa shape index (κ2) is 8.96. The van der Waals surface area contributed by atoms with Gasteiger partial charge in [-0.25, -0.2) is 0 Å². The van der Waals surface area contributed by atoms with E-state index in [2.05, 4.69) is 36.1 Å². The van der Waals surface area contributed by atoms with Crippen LogP contribution in [0.1, 0.15) is 42.9 Å². The molecule has 2 aliphatic heterocycles. The molecule has 1 fully saturated rings. The molecule has 160 valence electrons. The monoisotopic (exact) mass is 410 g/mol. The SMILES string of the molecule is CCCN(C)C(=O)CN1CC(c2ccc3c(c2)OCO3)CC1c1ccc(OC)cc1. The minimum Gasteiger partial charge on any atom is -0.497 e. The van der Waals surface area contributed by atoms with Crippen LogP contribution in [0.4, 0.5) is 0 Å². The Morgan fingerprint density at radius 1 is 1.13 bits per heavy atom. The molecule has 0 N–H and O–H groups in total. The van der Waals surface area contributed by atoms with Crippen LogP contribution in [0.5, 0.6) is 17.2 Å². The Labute approximate surface area is 178 Å². The van der Waals surface area contributed by atoms with Gasteiger partial charge in [0.15, 0.2) is 11.5 Å². The molecule has 6 heteroatoms. The Bertz CT molecular complexity index is 883. The van der Waals surface area contributed by atoms with E-state index < -0.39 is 0 Å². The summed E-state index contributed by atoms with van der Waals surface area (Å²) in [7, 11) is 3.56. The largest absolute Gasteiger partial charge is 0.497 e. The van der Waals surface area contributed by atoms with Crippen molar-refractivity contribution in [3.8, 4) is 17.2 Å². The molecule has 0 radical (unpaired) electrons. The lowest BCUT2D eigenvalue weighted by atomic mass is 9.93. The summed E-state index contributed by atoms with van der Waals surface area (Å²) in [5.41, 5.74) is 2.44. The van der Waals surface area contributed by atoms with Gasteiger partial charge in [-0.1, -0.05) is 25.1 Å². The van der Waals surface area contributed by atoms with Crippen LogP contribution < -0.4 is 14.2 Å². The second-order valence-corrected chi connectivity index (χ2v) is 8.08. The van der Waals surface area contributed by atoms with Crippen molar-refractivity contribution in [2.45, 2.75) is 31.7 Å². The molecule has 6 nitrogen and oxygen atoms in total. The molecule has 0 aliphatic carbocycles. The van der Waals surface area contributed by atoms with Crippen molar-refractivity contribution in [1.82, 2.24) is 9.80 Å². The number of rotatable bonds is 7. The van der Waals surface area contributed by atoms with Crippen LogP contribution in [0.15, 0.2) is 42.5 Å². The number of amides is 1. The van der Waals surface area contributed by atoms with Gasteiger partial charge in [-0.05, 0) is 54.2 Å². The molecule has 2 aromatic rings. The Hall–Kier alpha value is -2.73. The molecule has 0 bridgehead atoms. The van der Waals surface area contributed by atoms with Gasteiger partial charge >= 0.3 is 0 Å². The first kappa shape index (κ1) is 20.5. The molecule has 2 aliphatic rings. The molecule has 2 heterocycles.